The third-order valence-corrected chi connectivity index (χ3v) is 2.97. The molecule has 2 rings (SSSR count). The first-order valence-corrected chi connectivity index (χ1v) is 7.13. The van der Waals surface area contributed by atoms with Gasteiger partial charge in [0.15, 0.2) is 0 Å². The van der Waals surface area contributed by atoms with Gasteiger partial charge in [-0.2, -0.15) is 15.0 Å². The van der Waals surface area contributed by atoms with E-state index < -0.39 is 0 Å². The van der Waals surface area contributed by atoms with E-state index in [4.69, 9.17) is 0 Å². The van der Waals surface area contributed by atoms with E-state index in [1.807, 2.05) is 37.3 Å². The molecule has 21 heavy (non-hydrogen) atoms. The number of aryl methyl sites for hydroxylation is 1. The lowest BCUT2D eigenvalue weighted by atomic mass is 10.2. The van der Waals surface area contributed by atoms with E-state index >= 15 is 0 Å². The van der Waals surface area contributed by atoms with Crippen LogP contribution in [0.5, 0.6) is 0 Å². The van der Waals surface area contributed by atoms with Gasteiger partial charge in [0, 0.05) is 5.69 Å². The summed E-state index contributed by atoms with van der Waals surface area (Å²) in [6, 6.07) is 9.69. The molecule has 6 nitrogen and oxygen atoms in total. The average molecular weight is 287 g/mol. The highest BCUT2D eigenvalue weighted by Crippen LogP contribution is 2.14. The standard InChI is InChI=1S/C15H21N5O/c1-3-7-13(10-21)19-15-17-11(2)16-14(20-15)18-12-8-5-4-6-9-12/h4-6,8-9,13,21H,3,7,10H2,1-2H3,(H2,16,17,18,19,20). The molecule has 1 heterocycles. The molecule has 0 saturated heterocycles. The van der Waals surface area contributed by atoms with Crippen LogP contribution < -0.4 is 10.6 Å². The van der Waals surface area contributed by atoms with E-state index in [0.29, 0.717) is 17.7 Å². The lowest BCUT2D eigenvalue weighted by molar-refractivity contribution is 0.268. The van der Waals surface area contributed by atoms with Crippen molar-refractivity contribution in [1.82, 2.24) is 15.0 Å². The number of hydrogen-bond acceptors (Lipinski definition) is 6. The number of anilines is 3. The number of nitrogens with zero attached hydrogens (tertiary/aromatic N) is 3. The van der Waals surface area contributed by atoms with Gasteiger partial charge in [0.25, 0.3) is 0 Å². The van der Waals surface area contributed by atoms with Crippen molar-refractivity contribution in [3.63, 3.8) is 0 Å². The fourth-order valence-corrected chi connectivity index (χ4v) is 1.99. The second-order valence-corrected chi connectivity index (χ2v) is 4.83. The van der Waals surface area contributed by atoms with E-state index in [1.54, 1.807) is 0 Å². The zero-order valence-electron chi connectivity index (χ0n) is 12.4. The summed E-state index contributed by atoms with van der Waals surface area (Å²) in [5.41, 5.74) is 0.918. The normalized spacial score (nSPS) is 12.0. The number of rotatable bonds is 7. The number of aromatic nitrogens is 3. The fourth-order valence-electron chi connectivity index (χ4n) is 1.99. The summed E-state index contributed by atoms with van der Waals surface area (Å²) >= 11 is 0. The average Bonchev–Trinajstić information content (AvgIpc) is 2.47. The Bertz CT molecular complexity index is 561. The molecule has 3 N–H and O–H groups in total. The molecule has 0 saturated carbocycles. The first kappa shape index (κ1) is 15.2. The minimum atomic E-state index is -0.0404. The van der Waals surface area contributed by atoms with Crippen molar-refractivity contribution >= 4 is 17.6 Å². The minimum absolute atomic E-state index is 0.0404. The van der Waals surface area contributed by atoms with Gasteiger partial charge in [-0.25, -0.2) is 0 Å². The van der Waals surface area contributed by atoms with Crippen LogP contribution in [0.3, 0.4) is 0 Å². The van der Waals surface area contributed by atoms with Crippen LogP contribution in [0.15, 0.2) is 30.3 Å². The van der Waals surface area contributed by atoms with Gasteiger partial charge in [0.05, 0.1) is 12.6 Å². The lowest BCUT2D eigenvalue weighted by Crippen LogP contribution is -2.25. The predicted octanol–water partition coefficient (Wildman–Crippen LogP) is 2.50. The van der Waals surface area contributed by atoms with Crippen LogP contribution in [0.1, 0.15) is 25.6 Å². The fraction of sp³-hybridized carbons (Fsp3) is 0.400. The van der Waals surface area contributed by atoms with Gasteiger partial charge in [0.2, 0.25) is 11.9 Å². The maximum atomic E-state index is 9.34. The first-order chi connectivity index (χ1) is 10.2. The first-order valence-electron chi connectivity index (χ1n) is 7.13. The third-order valence-electron chi connectivity index (χ3n) is 2.97. The quantitative estimate of drug-likeness (QED) is 0.725. The van der Waals surface area contributed by atoms with Crippen molar-refractivity contribution in [2.45, 2.75) is 32.7 Å². The monoisotopic (exact) mass is 287 g/mol. The highest BCUT2D eigenvalue weighted by molar-refractivity contribution is 5.53. The Kier molecular flexibility index (Phi) is 5.45. The van der Waals surface area contributed by atoms with Gasteiger partial charge < -0.3 is 15.7 Å². The summed E-state index contributed by atoms with van der Waals surface area (Å²) < 4.78 is 0. The summed E-state index contributed by atoms with van der Waals surface area (Å²) in [5.74, 6) is 1.59. The molecule has 0 spiro atoms. The molecule has 0 radical (unpaired) electrons. The van der Waals surface area contributed by atoms with Crippen molar-refractivity contribution in [3.05, 3.63) is 36.2 Å². The number of aliphatic hydroxyl groups is 1. The van der Waals surface area contributed by atoms with Gasteiger partial charge >= 0.3 is 0 Å². The number of para-hydroxylation sites is 1. The molecule has 0 aliphatic rings. The minimum Gasteiger partial charge on any atom is -0.394 e. The van der Waals surface area contributed by atoms with Crippen molar-refractivity contribution < 1.29 is 5.11 Å². The molecule has 0 amide bonds. The summed E-state index contributed by atoms with van der Waals surface area (Å²) in [5, 5.41) is 15.6. The van der Waals surface area contributed by atoms with Gasteiger partial charge in [-0.1, -0.05) is 31.5 Å². The van der Waals surface area contributed by atoms with Crippen LogP contribution in [-0.4, -0.2) is 32.7 Å². The van der Waals surface area contributed by atoms with Crippen LogP contribution in [0.2, 0.25) is 0 Å². The smallest absolute Gasteiger partial charge is 0.232 e. The molecule has 0 aliphatic carbocycles. The molecule has 112 valence electrons. The Labute approximate surface area is 124 Å². The molecule has 0 aliphatic heterocycles. The Balaban J connectivity index is 2.13. The van der Waals surface area contributed by atoms with E-state index in [-0.39, 0.29) is 12.6 Å². The third kappa shape index (κ3) is 4.68. The highest BCUT2D eigenvalue weighted by atomic mass is 16.3. The van der Waals surface area contributed by atoms with E-state index in [0.717, 1.165) is 18.5 Å². The Morgan fingerprint density at radius 1 is 1.10 bits per heavy atom. The molecule has 6 heteroatoms. The Morgan fingerprint density at radius 2 is 1.81 bits per heavy atom. The Morgan fingerprint density at radius 3 is 2.48 bits per heavy atom. The second kappa shape index (κ2) is 7.54. The molecular weight excluding hydrogens is 266 g/mol. The summed E-state index contributed by atoms with van der Waals surface area (Å²) in [7, 11) is 0. The predicted molar refractivity (Wildman–Crippen MR) is 83.7 cm³/mol. The van der Waals surface area contributed by atoms with E-state index in [9.17, 15) is 5.11 Å². The van der Waals surface area contributed by atoms with Gasteiger partial charge in [0.1, 0.15) is 5.82 Å². The Hall–Kier alpha value is -2.21. The van der Waals surface area contributed by atoms with Crippen molar-refractivity contribution in [1.29, 1.82) is 0 Å². The van der Waals surface area contributed by atoms with Gasteiger partial charge in [-0.3, -0.25) is 0 Å². The zero-order chi connectivity index (χ0) is 15.1. The number of aliphatic hydroxyl groups excluding tert-OH is 1. The van der Waals surface area contributed by atoms with Gasteiger partial charge in [-0.05, 0) is 25.5 Å². The van der Waals surface area contributed by atoms with Crippen LogP contribution >= 0.6 is 0 Å². The summed E-state index contributed by atoms with van der Waals surface area (Å²) in [6.07, 6.45) is 1.85. The zero-order valence-corrected chi connectivity index (χ0v) is 12.4. The SMILES string of the molecule is CCCC(CO)Nc1nc(C)nc(Nc2ccccc2)n1. The molecule has 1 aromatic heterocycles. The van der Waals surface area contributed by atoms with E-state index in [2.05, 4.69) is 32.5 Å². The summed E-state index contributed by atoms with van der Waals surface area (Å²) in [6.45, 7) is 3.95. The number of benzene rings is 1. The van der Waals surface area contributed by atoms with Crippen LogP contribution in [0, 0.1) is 6.92 Å². The van der Waals surface area contributed by atoms with Crippen LogP contribution in [-0.2, 0) is 0 Å². The van der Waals surface area contributed by atoms with Crippen molar-refractivity contribution in [2.24, 2.45) is 0 Å². The molecular formula is C15H21N5O. The number of hydrogen-bond donors (Lipinski definition) is 3. The molecule has 1 atom stereocenters. The highest BCUT2D eigenvalue weighted by Gasteiger charge is 2.10. The topological polar surface area (TPSA) is 83.0 Å². The second-order valence-electron chi connectivity index (χ2n) is 4.83. The molecule has 2 aromatic rings. The van der Waals surface area contributed by atoms with Crippen molar-refractivity contribution in [3.8, 4) is 0 Å². The van der Waals surface area contributed by atoms with Crippen molar-refractivity contribution in [2.75, 3.05) is 17.2 Å². The van der Waals surface area contributed by atoms with Gasteiger partial charge in [-0.15, -0.1) is 0 Å². The number of nitrogens with one attached hydrogen (secondary N) is 2. The maximum Gasteiger partial charge on any atom is 0.232 e. The molecule has 0 fully saturated rings. The molecule has 1 unspecified atom stereocenters. The maximum absolute atomic E-state index is 9.34. The van der Waals surface area contributed by atoms with Crippen LogP contribution in [0.4, 0.5) is 17.6 Å². The molecule has 1 aromatic carbocycles. The largest absolute Gasteiger partial charge is 0.394 e. The van der Waals surface area contributed by atoms with E-state index in [1.165, 1.54) is 0 Å². The molecule has 0 bridgehead atoms. The summed E-state index contributed by atoms with van der Waals surface area (Å²) in [4.78, 5) is 12.9. The lowest BCUT2D eigenvalue weighted by Gasteiger charge is -2.16. The van der Waals surface area contributed by atoms with Crippen LogP contribution in [0.25, 0.3) is 0 Å².